The van der Waals surface area contributed by atoms with Gasteiger partial charge in [-0.1, -0.05) is 30.2 Å². The van der Waals surface area contributed by atoms with Crippen LogP contribution in [0.15, 0.2) is 18.3 Å². The van der Waals surface area contributed by atoms with Gasteiger partial charge in [-0.25, -0.2) is 0 Å². The molecule has 0 saturated heterocycles. The molecule has 0 aliphatic rings. The van der Waals surface area contributed by atoms with Crippen molar-refractivity contribution in [3.8, 4) is 0 Å². The van der Waals surface area contributed by atoms with Gasteiger partial charge in [-0.3, -0.25) is 9.78 Å². The highest BCUT2D eigenvalue weighted by molar-refractivity contribution is 6.30. The zero-order valence-corrected chi connectivity index (χ0v) is 12.3. The van der Waals surface area contributed by atoms with E-state index in [1.165, 1.54) is 0 Å². The minimum Gasteiger partial charge on any atom is -0.481 e. The second-order valence-corrected chi connectivity index (χ2v) is 5.22. The van der Waals surface area contributed by atoms with E-state index < -0.39 is 11.9 Å². The van der Waals surface area contributed by atoms with Crippen LogP contribution in [0.4, 0.5) is 0 Å². The molecule has 2 aromatic rings. The molecule has 0 saturated carbocycles. The largest absolute Gasteiger partial charge is 0.481 e. The first kappa shape index (κ1) is 15.4. The average Bonchev–Trinajstić information content (AvgIpc) is 2.98. The number of aromatic nitrogens is 5. The van der Waals surface area contributed by atoms with Gasteiger partial charge in [-0.15, -0.1) is 10.2 Å². The molecule has 0 aliphatic heterocycles. The molecule has 0 bridgehead atoms. The highest BCUT2D eigenvalue weighted by Crippen LogP contribution is 2.29. The minimum atomic E-state index is -0.861. The van der Waals surface area contributed by atoms with Crippen molar-refractivity contribution < 1.29 is 9.90 Å². The molecular formula is C13H16ClN5O2. The molecule has 0 aliphatic carbocycles. The van der Waals surface area contributed by atoms with Crippen molar-refractivity contribution in [3.05, 3.63) is 34.9 Å². The lowest BCUT2D eigenvalue weighted by molar-refractivity contribution is -0.143. The summed E-state index contributed by atoms with van der Waals surface area (Å²) in [4.78, 5) is 15.8. The molecule has 2 N–H and O–H groups in total. The standard InChI is InChI=1S/C13H16ClN5O2/c1-2-3-10(13(20)21)11(12-16-18-19-17-12)6-9-5-4-8(14)7-15-9/h4-5,7,10-11H,2-3,6H2,1H3,(H,20,21)(H,16,17,18,19)/t10?,11-/m0/s1. The highest BCUT2D eigenvalue weighted by atomic mass is 35.5. The Morgan fingerprint density at radius 3 is 2.81 bits per heavy atom. The zero-order chi connectivity index (χ0) is 15.2. The fourth-order valence-corrected chi connectivity index (χ4v) is 2.41. The molecule has 2 aromatic heterocycles. The number of pyridine rings is 1. The number of carboxylic acids is 1. The van der Waals surface area contributed by atoms with Gasteiger partial charge in [0, 0.05) is 24.2 Å². The number of halogens is 1. The van der Waals surface area contributed by atoms with E-state index in [2.05, 4.69) is 25.6 Å². The maximum atomic E-state index is 11.5. The number of aliphatic carboxylic acids is 1. The Balaban J connectivity index is 2.27. The van der Waals surface area contributed by atoms with Gasteiger partial charge in [0.15, 0.2) is 5.82 Å². The molecule has 2 heterocycles. The summed E-state index contributed by atoms with van der Waals surface area (Å²) in [5.74, 6) is -1.42. The number of hydrogen-bond acceptors (Lipinski definition) is 5. The Morgan fingerprint density at radius 1 is 1.48 bits per heavy atom. The Labute approximate surface area is 126 Å². The van der Waals surface area contributed by atoms with Crippen LogP contribution in [-0.2, 0) is 11.2 Å². The molecule has 8 heteroatoms. The van der Waals surface area contributed by atoms with Crippen LogP contribution in [0.1, 0.15) is 37.2 Å². The lowest BCUT2D eigenvalue weighted by Gasteiger charge is -2.20. The average molecular weight is 310 g/mol. The van der Waals surface area contributed by atoms with Crippen LogP contribution in [-0.4, -0.2) is 36.7 Å². The van der Waals surface area contributed by atoms with E-state index >= 15 is 0 Å². The number of H-pyrrole nitrogens is 1. The van der Waals surface area contributed by atoms with Gasteiger partial charge >= 0.3 is 5.97 Å². The second kappa shape index (κ2) is 7.12. The SMILES string of the molecule is CCCC(C(=O)O)[C@H](Cc1ccc(Cl)cn1)c1nn[nH]n1. The molecule has 2 rings (SSSR count). The molecule has 0 radical (unpaired) electrons. The van der Waals surface area contributed by atoms with E-state index in [1.807, 2.05) is 6.92 Å². The van der Waals surface area contributed by atoms with Crippen molar-refractivity contribution in [1.29, 1.82) is 0 Å². The van der Waals surface area contributed by atoms with E-state index in [0.717, 1.165) is 12.1 Å². The van der Waals surface area contributed by atoms with E-state index in [-0.39, 0.29) is 5.92 Å². The molecule has 2 atom stereocenters. The number of aromatic amines is 1. The van der Waals surface area contributed by atoms with Gasteiger partial charge in [-0.05, 0) is 18.6 Å². The van der Waals surface area contributed by atoms with Crippen molar-refractivity contribution in [2.24, 2.45) is 5.92 Å². The van der Waals surface area contributed by atoms with Crippen LogP contribution < -0.4 is 0 Å². The van der Waals surface area contributed by atoms with Crippen LogP contribution in [0, 0.1) is 5.92 Å². The van der Waals surface area contributed by atoms with Gasteiger partial charge in [0.2, 0.25) is 0 Å². The second-order valence-electron chi connectivity index (χ2n) is 4.78. The first-order chi connectivity index (χ1) is 10.1. The number of hydrogen-bond donors (Lipinski definition) is 2. The Bertz CT molecular complexity index is 573. The fourth-order valence-electron chi connectivity index (χ4n) is 2.30. The maximum Gasteiger partial charge on any atom is 0.307 e. The van der Waals surface area contributed by atoms with Crippen molar-refractivity contribution in [3.63, 3.8) is 0 Å². The molecule has 21 heavy (non-hydrogen) atoms. The van der Waals surface area contributed by atoms with Gasteiger partial charge in [0.25, 0.3) is 0 Å². The lowest BCUT2D eigenvalue weighted by Crippen LogP contribution is -2.25. The number of nitrogens with one attached hydrogen (secondary N) is 1. The van der Waals surface area contributed by atoms with Crippen LogP contribution in [0.2, 0.25) is 5.02 Å². The Kier molecular flexibility index (Phi) is 5.21. The third-order valence-corrected chi connectivity index (χ3v) is 3.54. The van der Waals surface area contributed by atoms with E-state index in [9.17, 15) is 9.90 Å². The Morgan fingerprint density at radius 2 is 2.29 bits per heavy atom. The summed E-state index contributed by atoms with van der Waals surface area (Å²) in [6, 6.07) is 3.51. The number of rotatable bonds is 7. The van der Waals surface area contributed by atoms with Crippen molar-refractivity contribution in [1.82, 2.24) is 25.6 Å². The molecule has 112 valence electrons. The smallest absolute Gasteiger partial charge is 0.307 e. The normalized spacial score (nSPS) is 13.8. The number of tetrazole rings is 1. The minimum absolute atomic E-state index is 0.380. The van der Waals surface area contributed by atoms with Gasteiger partial charge in [0.1, 0.15) is 0 Å². The molecular weight excluding hydrogens is 294 g/mol. The van der Waals surface area contributed by atoms with E-state index in [1.54, 1.807) is 18.3 Å². The predicted octanol–water partition coefficient (Wildman–Crippen LogP) is 2.08. The summed E-state index contributed by atoms with van der Waals surface area (Å²) in [6.07, 6.45) is 3.27. The predicted molar refractivity (Wildman–Crippen MR) is 75.9 cm³/mol. The van der Waals surface area contributed by atoms with Crippen molar-refractivity contribution in [2.45, 2.75) is 32.1 Å². The topological polar surface area (TPSA) is 105 Å². The van der Waals surface area contributed by atoms with Crippen LogP contribution in [0.3, 0.4) is 0 Å². The number of carbonyl (C=O) groups is 1. The van der Waals surface area contributed by atoms with Crippen LogP contribution in [0.5, 0.6) is 0 Å². The maximum absolute atomic E-state index is 11.5. The first-order valence-electron chi connectivity index (χ1n) is 6.68. The van der Waals surface area contributed by atoms with E-state index in [4.69, 9.17) is 11.6 Å². The molecule has 1 unspecified atom stereocenters. The number of nitrogens with zero attached hydrogens (tertiary/aromatic N) is 4. The fraction of sp³-hybridized carbons (Fsp3) is 0.462. The number of carboxylic acid groups (broad SMARTS) is 1. The van der Waals surface area contributed by atoms with Gasteiger partial charge < -0.3 is 5.11 Å². The monoisotopic (exact) mass is 309 g/mol. The zero-order valence-electron chi connectivity index (χ0n) is 11.5. The van der Waals surface area contributed by atoms with Gasteiger partial charge in [0.05, 0.1) is 10.9 Å². The first-order valence-corrected chi connectivity index (χ1v) is 7.06. The van der Waals surface area contributed by atoms with Crippen LogP contribution >= 0.6 is 11.6 Å². The summed E-state index contributed by atoms with van der Waals surface area (Å²) < 4.78 is 0. The summed E-state index contributed by atoms with van der Waals surface area (Å²) in [7, 11) is 0. The summed E-state index contributed by atoms with van der Waals surface area (Å²) in [5.41, 5.74) is 0.747. The highest BCUT2D eigenvalue weighted by Gasteiger charge is 2.32. The summed E-state index contributed by atoms with van der Waals surface area (Å²) in [6.45, 7) is 1.95. The third kappa shape index (κ3) is 3.98. The molecule has 0 aromatic carbocycles. The van der Waals surface area contributed by atoms with E-state index in [0.29, 0.717) is 23.7 Å². The van der Waals surface area contributed by atoms with Gasteiger partial charge in [-0.2, -0.15) is 5.21 Å². The molecule has 0 amide bonds. The molecule has 0 spiro atoms. The third-order valence-electron chi connectivity index (χ3n) is 3.31. The van der Waals surface area contributed by atoms with Crippen molar-refractivity contribution >= 4 is 17.6 Å². The van der Waals surface area contributed by atoms with Crippen LogP contribution in [0.25, 0.3) is 0 Å². The van der Waals surface area contributed by atoms with Crippen molar-refractivity contribution in [2.75, 3.05) is 0 Å². The molecule has 0 fully saturated rings. The summed E-state index contributed by atoms with van der Waals surface area (Å²) >= 11 is 5.81. The lowest BCUT2D eigenvalue weighted by atomic mass is 9.84. The summed E-state index contributed by atoms with van der Waals surface area (Å²) in [5, 5.41) is 23.8. The Hall–Kier alpha value is -2.02. The quantitative estimate of drug-likeness (QED) is 0.811. The molecule has 7 nitrogen and oxygen atoms in total.